The summed E-state index contributed by atoms with van der Waals surface area (Å²) in [5.41, 5.74) is 1.56. The maximum atomic E-state index is 11.6. The number of allylic oxidation sites excluding steroid dienone is 1. The molecule has 1 N–H and O–H groups in total. The molecule has 0 aromatic heterocycles. The molecule has 84 valence electrons. The number of carbonyl (C=O) groups is 2. The molecule has 1 unspecified atom stereocenters. The predicted molar refractivity (Wildman–Crippen MR) is 57.6 cm³/mol. The van der Waals surface area contributed by atoms with E-state index in [-0.39, 0.29) is 12.2 Å². The average Bonchev–Trinajstić information content (AvgIpc) is 2.42. The van der Waals surface area contributed by atoms with Crippen LogP contribution in [0.1, 0.15) is 46.0 Å². The summed E-state index contributed by atoms with van der Waals surface area (Å²) in [4.78, 5) is 22.2. The molecule has 1 atom stereocenters. The minimum absolute atomic E-state index is 0.0380. The highest BCUT2D eigenvalue weighted by Crippen LogP contribution is 2.34. The van der Waals surface area contributed by atoms with Crippen molar-refractivity contribution in [2.24, 2.45) is 5.92 Å². The SMILES string of the molecule is CCCCC1CC(=O)C(CC(=O)O)=C1C. The van der Waals surface area contributed by atoms with Crippen LogP contribution in [0.4, 0.5) is 0 Å². The third-order valence-electron chi connectivity index (χ3n) is 3.09. The first kappa shape index (κ1) is 12.0. The molecule has 0 aromatic rings. The van der Waals surface area contributed by atoms with Crippen molar-refractivity contribution in [2.75, 3.05) is 0 Å². The van der Waals surface area contributed by atoms with E-state index in [1.54, 1.807) is 0 Å². The van der Waals surface area contributed by atoms with Crippen molar-refractivity contribution in [1.82, 2.24) is 0 Å². The maximum absolute atomic E-state index is 11.6. The quantitative estimate of drug-likeness (QED) is 0.758. The van der Waals surface area contributed by atoms with Gasteiger partial charge in [-0.2, -0.15) is 0 Å². The molecular weight excluding hydrogens is 192 g/mol. The normalized spacial score (nSPS) is 21.2. The molecule has 3 heteroatoms. The fraction of sp³-hybridized carbons (Fsp3) is 0.667. The van der Waals surface area contributed by atoms with Crippen molar-refractivity contribution < 1.29 is 14.7 Å². The predicted octanol–water partition coefficient (Wildman–Crippen LogP) is 2.56. The zero-order valence-electron chi connectivity index (χ0n) is 9.38. The molecule has 15 heavy (non-hydrogen) atoms. The Balaban J connectivity index is 2.70. The molecule has 1 rings (SSSR count). The highest BCUT2D eigenvalue weighted by atomic mass is 16.4. The molecule has 0 aliphatic heterocycles. The minimum Gasteiger partial charge on any atom is -0.481 e. The summed E-state index contributed by atoms with van der Waals surface area (Å²) in [5.74, 6) is -0.573. The number of carbonyl (C=O) groups excluding carboxylic acids is 1. The van der Waals surface area contributed by atoms with Gasteiger partial charge in [0, 0.05) is 12.0 Å². The molecule has 0 aromatic carbocycles. The van der Waals surface area contributed by atoms with Crippen molar-refractivity contribution in [1.29, 1.82) is 0 Å². The van der Waals surface area contributed by atoms with Crippen LogP contribution in [0, 0.1) is 5.92 Å². The summed E-state index contributed by atoms with van der Waals surface area (Å²) in [7, 11) is 0. The van der Waals surface area contributed by atoms with Gasteiger partial charge < -0.3 is 5.11 Å². The number of Topliss-reactive ketones (excluding diaryl/α,β-unsaturated/α-hetero) is 1. The van der Waals surface area contributed by atoms with Crippen molar-refractivity contribution in [2.45, 2.75) is 46.0 Å². The van der Waals surface area contributed by atoms with Crippen molar-refractivity contribution in [3.8, 4) is 0 Å². The zero-order valence-corrected chi connectivity index (χ0v) is 9.38. The van der Waals surface area contributed by atoms with Crippen LogP contribution in [0.5, 0.6) is 0 Å². The van der Waals surface area contributed by atoms with Gasteiger partial charge in [0.25, 0.3) is 0 Å². The second kappa shape index (κ2) is 5.10. The van der Waals surface area contributed by atoms with Crippen LogP contribution in [-0.2, 0) is 9.59 Å². The number of hydrogen-bond acceptors (Lipinski definition) is 2. The highest BCUT2D eigenvalue weighted by Gasteiger charge is 2.29. The first-order valence-electron chi connectivity index (χ1n) is 5.50. The number of rotatable bonds is 5. The molecule has 1 aliphatic carbocycles. The van der Waals surface area contributed by atoms with Gasteiger partial charge in [0.1, 0.15) is 0 Å². The summed E-state index contributed by atoms with van der Waals surface area (Å²) in [6, 6.07) is 0. The molecule has 3 nitrogen and oxygen atoms in total. The van der Waals surface area contributed by atoms with Gasteiger partial charge in [-0.3, -0.25) is 9.59 Å². The molecule has 0 bridgehead atoms. The van der Waals surface area contributed by atoms with Gasteiger partial charge in [0.2, 0.25) is 0 Å². The Morgan fingerprint density at radius 3 is 2.73 bits per heavy atom. The van der Waals surface area contributed by atoms with Gasteiger partial charge in [0.15, 0.2) is 5.78 Å². The number of carboxylic acids is 1. The van der Waals surface area contributed by atoms with Crippen molar-refractivity contribution >= 4 is 11.8 Å². The van der Waals surface area contributed by atoms with E-state index < -0.39 is 5.97 Å². The molecule has 0 fully saturated rings. The van der Waals surface area contributed by atoms with E-state index in [0.717, 1.165) is 24.8 Å². The molecule has 0 radical (unpaired) electrons. The zero-order chi connectivity index (χ0) is 11.4. The van der Waals surface area contributed by atoms with Gasteiger partial charge >= 0.3 is 5.97 Å². The second-order valence-corrected chi connectivity index (χ2v) is 4.20. The van der Waals surface area contributed by atoms with Gasteiger partial charge in [-0.1, -0.05) is 25.3 Å². The molecule has 0 amide bonds. The lowest BCUT2D eigenvalue weighted by molar-refractivity contribution is -0.136. The van der Waals surface area contributed by atoms with Crippen LogP contribution < -0.4 is 0 Å². The van der Waals surface area contributed by atoms with Crippen LogP contribution in [0.2, 0.25) is 0 Å². The Bertz CT molecular complexity index is 302. The largest absolute Gasteiger partial charge is 0.481 e. The summed E-state index contributed by atoms with van der Waals surface area (Å²) >= 11 is 0. The maximum Gasteiger partial charge on any atom is 0.307 e. The molecule has 0 saturated heterocycles. The molecular formula is C12H18O3. The summed E-state index contributed by atoms with van der Waals surface area (Å²) in [6.07, 6.45) is 3.65. The number of carboxylic acid groups (broad SMARTS) is 1. The number of aliphatic carboxylic acids is 1. The lowest BCUT2D eigenvalue weighted by Gasteiger charge is -2.09. The Labute approximate surface area is 90.2 Å². The Kier molecular flexibility index (Phi) is 4.06. The van der Waals surface area contributed by atoms with E-state index in [9.17, 15) is 9.59 Å². The number of ketones is 1. The minimum atomic E-state index is -0.908. The first-order valence-corrected chi connectivity index (χ1v) is 5.50. The smallest absolute Gasteiger partial charge is 0.307 e. The topological polar surface area (TPSA) is 54.4 Å². The van der Waals surface area contributed by atoms with Crippen molar-refractivity contribution in [3.05, 3.63) is 11.1 Å². The summed E-state index contributed by atoms with van der Waals surface area (Å²) < 4.78 is 0. The molecule has 0 heterocycles. The molecule has 0 spiro atoms. The van der Waals surface area contributed by atoms with Gasteiger partial charge in [-0.15, -0.1) is 0 Å². The molecule has 1 aliphatic rings. The van der Waals surface area contributed by atoms with Gasteiger partial charge in [-0.05, 0) is 19.3 Å². The molecule has 0 saturated carbocycles. The third-order valence-corrected chi connectivity index (χ3v) is 3.09. The fourth-order valence-electron chi connectivity index (χ4n) is 2.12. The van der Waals surface area contributed by atoms with E-state index in [0.29, 0.717) is 17.9 Å². The van der Waals surface area contributed by atoms with Crippen LogP contribution >= 0.6 is 0 Å². The highest BCUT2D eigenvalue weighted by molar-refractivity contribution is 6.02. The Morgan fingerprint density at radius 2 is 2.20 bits per heavy atom. The summed E-state index contributed by atoms with van der Waals surface area (Å²) in [6.45, 7) is 4.03. The van der Waals surface area contributed by atoms with Crippen LogP contribution in [-0.4, -0.2) is 16.9 Å². The fourth-order valence-corrected chi connectivity index (χ4v) is 2.12. The van der Waals surface area contributed by atoms with E-state index >= 15 is 0 Å². The first-order chi connectivity index (χ1) is 7.06. The monoisotopic (exact) mass is 210 g/mol. The van der Waals surface area contributed by atoms with E-state index in [2.05, 4.69) is 6.92 Å². The lowest BCUT2D eigenvalue weighted by atomic mass is 9.95. The Hall–Kier alpha value is -1.12. The van der Waals surface area contributed by atoms with E-state index in [1.165, 1.54) is 0 Å². The van der Waals surface area contributed by atoms with Crippen LogP contribution in [0.3, 0.4) is 0 Å². The van der Waals surface area contributed by atoms with Crippen LogP contribution in [0.15, 0.2) is 11.1 Å². The average molecular weight is 210 g/mol. The van der Waals surface area contributed by atoms with Gasteiger partial charge in [0.05, 0.1) is 6.42 Å². The van der Waals surface area contributed by atoms with E-state index in [4.69, 9.17) is 5.11 Å². The van der Waals surface area contributed by atoms with Crippen LogP contribution in [0.25, 0.3) is 0 Å². The van der Waals surface area contributed by atoms with E-state index in [1.807, 2.05) is 6.92 Å². The van der Waals surface area contributed by atoms with Gasteiger partial charge in [-0.25, -0.2) is 0 Å². The third kappa shape index (κ3) is 2.91. The number of unbranched alkanes of at least 4 members (excludes halogenated alkanes) is 1. The Morgan fingerprint density at radius 1 is 1.53 bits per heavy atom. The standard InChI is InChI=1S/C12H18O3/c1-3-4-5-9-6-11(13)10(8(9)2)7-12(14)15/h9H,3-7H2,1-2H3,(H,14,15). The van der Waals surface area contributed by atoms with Crippen molar-refractivity contribution in [3.63, 3.8) is 0 Å². The summed E-state index contributed by atoms with van der Waals surface area (Å²) in [5, 5.41) is 8.69. The lowest BCUT2D eigenvalue weighted by Crippen LogP contribution is -2.03. The number of hydrogen-bond donors (Lipinski definition) is 1. The second-order valence-electron chi connectivity index (χ2n) is 4.20.